The Hall–Kier alpha value is -0.820. The molecular weight excluding hydrogens is 197 g/mol. The molecule has 0 amide bonds. The van der Waals surface area contributed by atoms with Gasteiger partial charge >= 0.3 is 0 Å². The lowest BCUT2D eigenvalue weighted by molar-refractivity contribution is 0.565. The third kappa shape index (κ3) is 1.67. The second kappa shape index (κ2) is 3.72. The van der Waals surface area contributed by atoms with Crippen molar-refractivity contribution < 1.29 is 4.79 Å². The Labute approximate surface area is 79.8 Å². The van der Waals surface area contributed by atoms with Gasteiger partial charge in [-0.15, -0.1) is 0 Å². The number of benzene rings is 1. The molecule has 0 fully saturated rings. The molecule has 1 aromatic carbocycles. The highest BCUT2D eigenvalue weighted by molar-refractivity contribution is 6.44. The van der Waals surface area contributed by atoms with Crippen LogP contribution in [-0.4, -0.2) is 6.08 Å². The third-order valence-corrected chi connectivity index (χ3v) is 2.39. The van der Waals surface area contributed by atoms with Crippen LogP contribution in [0.2, 0.25) is 10.0 Å². The lowest BCUT2D eigenvalue weighted by atomic mass is 10.2. The van der Waals surface area contributed by atoms with Gasteiger partial charge in [-0.25, -0.2) is 4.79 Å². The van der Waals surface area contributed by atoms with E-state index >= 15 is 0 Å². The fourth-order valence-electron chi connectivity index (χ4n) is 0.771. The van der Waals surface area contributed by atoms with Crippen LogP contribution in [0.3, 0.4) is 0 Å². The summed E-state index contributed by atoms with van der Waals surface area (Å²) in [6.07, 6.45) is 1.40. The molecule has 0 atom stereocenters. The number of carbonyl (C=O) groups excluding carboxylic acids is 1. The normalized spacial score (nSPS) is 9.25. The Morgan fingerprint density at radius 2 is 2.00 bits per heavy atom. The van der Waals surface area contributed by atoms with Gasteiger partial charge in [-0.3, -0.25) is 0 Å². The van der Waals surface area contributed by atoms with E-state index in [1.165, 1.54) is 6.08 Å². The number of nitrogens with zero attached hydrogens (tertiary/aromatic N) is 1. The van der Waals surface area contributed by atoms with Crippen molar-refractivity contribution in [2.45, 2.75) is 6.92 Å². The Balaban J connectivity index is 3.35. The van der Waals surface area contributed by atoms with Crippen LogP contribution in [0.1, 0.15) is 5.56 Å². The fourth-order valence-corrected chi connectivity index (χ4v) is 1.19. The van der Waals surface area contributed by atoms with Crippen LogP contribution in [0.25, 0.3) is 0 Å². The first-order valence-corrected chi connectivity index (χ1v) is 3.95. The van der Waals surface area contributed by atoms with Crippen LogP contribution in [0.5, 0.6) is 0 Å². The predicted octanol–water partition coefficient (Wildman–Crippen LogP) is 3.27. The molecule has 0 aliphatic rings. The number of hydrogen-bond acceptors (Lipinski definition) is 2. The Morgan fingerprint density at radius 1 is 1.33 bits per heavy atom. The maximum atomic E-state index is 9.93. The number of aliphatic imine (C=N–C) groups is 1. The van der Waals surface area contributed by atoms with Crippen LogP contribution in [-0.2, 0) is 4.79 Å². The molecule has 0 radical (unpaired) electrons. The number of halogens is 2. The summed E-state index contributed by atoms with van der Waals surface area (Å²) in [5.74, 6) is 0. The van der Waals surface area contributed by atoms with Gasteiger partial charge in [-0.05, 0) is 18.6 Å². The molecule has 0 spiro atoms. The smallest absolute Gasteiger partial charge is 0.211 e. The molecule has 0 aliphatic carbocycles. The highest BCUT2D eigenvalue weighted by Gasteiger charge is 2.05. The fraction of sp³-hybridized carbons (Fsp3) is 0.125. The molecule has 2 nitrogen and oxygen atoms in total. The van der Waals surface area contributed by atoms with Crippen LogP contribution in [0.15, 0.2) is 17.1 Å². The van der Waals surface area contributed by atoms with Crippen molar-refractivity contribution in [1.29, 1.82) is 0 Å². The minimum atomic E-state index is 0.292. The SMILES string of the molecule is Cc1ccc(N=C=O)c(Cl)c1Cl. The lowest BCUT2D eigenvalue weighted by Crippen LogP contribution is -1.76. The summed E-state index contributed by atoms with van der Waals surface area (Å²) < 4.78 is 0. The van der Waals surface area contributed by atoms with Gasteiger partial charge in [0.15, 0.2) is 0 Å². The molecule has 0 saturated heterocycles. The highest BCUT2D eigenvalue weighted by atomic mass is 35.5. The molecule has 62 valence electrons. The van der Waals surface area contributed by atoms with Crippen molar-refractivity contribution in [3.8, 4) is 0 Å². The molecule has 0 bridgehead atoms. The Morgan fingerprint density at radius 3 is 2.58 bits per heavy atom. The quantitative estimate of drug-likeness (QED) is 0.507. The summed E-state index contributed by atoms with van der Waals surface area (Å²) in [7, 11) is 0. The number of hydrogen-bond donors (Lipinski definition) is 0. The first kappa shape index (κ1) is 9.27. The zero-order chi connectivity index (χ0) is 9.14. The van der Waals surface area contributed by atoms with Crippen molar-refractivity contribution in [1.82, 2.24) is 0 Å². The predicted molar refractivity (Wildman–Crippen MR) is 49.0 cm³/mol. The van der Waals surface area contributed by atoms with Crippen LogP contribution in [0.4, 0.5) is 5.69 Å². The van der Waals surface area contributed by atoms with Gasteiger partial charge in [-0.2, -0.15) is 4.99 Å². The van der Waals surface area contributed by atoms with E-state index < -0.39 is 0 Å². The summed E-state index contributed by atoms with van der Waals surface area (Å²) in [6, 6.07) is 3.36. The largest absolute Gasteiger partial charge is 0.240 e. The lowest BCUT2D eigenvalue weighted by Gasteiger charge is -2.01. The van der Waals surface area contributed by atoms with E-state index in [4.69, 9.17) is 23.2 Å². The minimum absolute atomic E-state index is 0.292. The molecule has 12 heavy (non-hydrogen) atoms. The van der Waals surface area contributed by atoms with E-state index in [0.717, 1.165) is 5.56 Å². The van der Waals surface area contributed by atoms with E-state index in [2.05, 4.69) is 4.99 Å². The summed E-state index contributed by atoms with van der Waals surface area (Å²) in [6.45, 7) is 1.82. The number of isocyanates is 1. The Bertz CT molecular complexity index is 356. The molecule has 0 N–H and O–H groups in total. The second-order valence-corrected chi connectivity index (χ2v) is 2.99. The molecule has 0 aromatic heterocycles. The number of rotatable bonds is 1. The van der Waals surface area contributed by atoms with E-state index in [9.17, 15) is 4.79 Å². The van der Waals surface area contributed by atoms with Gasteiger partial charge < -0.3 is 0 Å². The topological polar surface area (TPSA) is 29.4 Å². The summed E-state index contributed by atoms with van der Waals surface area (Å²) >= 11 is 11.6. The van der Waals surface area contributed by atoms with E-state index in [1.54, 1.807) is 12.1 Å². The number of aryl methyl sites for hydroxylation is 1. The first-order valence-electron chi connectivity index (χ1n) is 3.19. The van der Waals surface area contributed by atoms with E-state index in [1.807, 2.05) is 6.92 Å². The van der Waals surface area contributed by atoms with Gasteiger partial charge in [0.05, 0.1) is 15.7 Å². The maximum absolute atomic E-state index is 9.93. The molecular formula is C8H5Cl2NO. The van der Waals surface area contributed by atoms with Crippen molar-refractivity contribution in [3.63, 3.8) is 0 Å². The average molecular weight is 202 g/mol. The maximum Gasteiger partial charge on any atom is 0.240 e. The minimum Gasteiger partial charge on any atom is -0.211 e. The van der Waals surface area contributed by atoms with Gasteiger partial charge in [0, 0.05) is 0 Å². The van der Waals surface area contributed by atoms with Crippen LogP contribution < -0.4 is 0 Å². The van der Waals surface area contributed by atoms with Crippen molar-refractivity contribution >= 4 is 35.0 Å². The van der Waals surface area contributed by atoms with Crippen LogP contribution >= 0.6 is 23.2 Å². The van der Waals surface area contributed by atoms with Gasteiger partial charge in [0.1, 0.15) is 0 Å². The average Bonchev–Trinajstić information content (AvgIpc) is 2.07. The van der Waals surface area contributed by atoms with E-state index in [-0.39, 0.29) is 0 Å². The molecule has 1 rings (SSSR count). The van der Waals surface area contributed by atoms with Gasteiger partial charge in [0.25, 0.3) is 0 Å². The Kier molecular flexibility index (Phi) is 2.88. The first-order chi connectivity index (χ1) is 5.66. The molecule has 0 unspecified atom stereocenters. The summed E-state index contributed by atoms with van der Waals surface area (Å²) in [5, 5.41) is 0.716. The monoisotopic (exact) mass is 201 g/mol. The van der Waals surface area contributed by atoms with Crippen molar-refractivity contribution in [3.05, 3.63) is 27.7 Å². The standard InChI is InChI=1S/C8H5Cl2NO/c1-5-2-3-6(11-4-12)8(10)7(5)9/h2-3H,1H3. The van der Waals surface area contributed by atoms with Crippen molar-refractivity contribution in [2.24, 2.45) is 4.99 Å². The summed E-state index contributed by atoms with van der Waals surface area (Å²) in [5.41, 5.74) is 1.20. The zero-order valence-electron chi connectivity index (χ0n) is 6.27. The van der Waals surface area contributed by atoms with Crippen LogP contribution in [0, 0.1) is 6.92 Å². The van der Waals surface area contributed by atoms with Gasteiger partial charge in [0.2, 0.25) is 6.08 Å². The summed E-state index contributed by atoms with van der Waals surface area (Å²) in [4.78, 5) is 13.3. The third-order valence-electron chi connectivity index (χ3n) is 1.42. The molecule has 1 aromatic rings. The molecule has 0 saturated carbocycles. The van der Waals surface area contributed by atoms with Crippen molar-refractivity contribution in [2.75, 3.05) is 0 Å². The second-order valence-electron chi connectivity index (χ2n) is 2.23. The molecule has 0 heterocycles. The molecule has 0 aliphatic heterocycles. The highest BCUT2D eigenvalue weighted by Crippen LogP contribution is 2.33. The van der Waals surface area contributed by atoms with E-state index in [0.29, 0.717) is 15.7 Å². The zero-order valence-corrected chi connectivity index (χ0v) is 7.78. The van der Waals surface area contributed by atoms with Gasteiger partial charge in [-0.1, -0.05) is 29.3 Å². The molecule has 4 heteroatoms.